The fourth-order valence-corrected chi connectivity index (χ4v) is 2.12. The lowest BCUT2D eigenvalue weighted by Gasteiger charge is -2.11. The highest BCUT2D eigenvalue weighted by atomic mass is 16.4. The standard InChI is InChI=1S/C16H18N2O2/c1-11-4-2-3-5-12(11)8-9-18-15-10-13(17)6-7-14(15)16(19)20/h2-7,10,18H,8-9,17H2,1H3,(H,19,20). The number of hydrogen-bond donors (Lipinski definition) is 3. The molecule has 2 aromatic carbocycles. The number of nitrogen functional groups attached to an aromatic ring is 1. The van der Waals surface area contributed by atoms with Crippen LogP contribution in [0.2, 0.25) is 0 Å². The van der Waals surface area contributed by atoms with Crippen molar-refractivity contribution < 1.29 is 9.90 Å². The van der Waals surface area contributed by atoms with Gasteiger partial charge in [-0.15, -0.1) is 0 Å². The van der Waals surface area contributed by atoms with Crippen molar-refractivity contribution in [2.45, 2.75) is 13.3 Å². The number of anilines is 2. The molecule has 0 aromatic heterocycles. The van der Waals surface area contributed by atoms with E-state index in [1.807, 2.05) is 12.1 Å². The van der Waals surface area contributed by atoms with E-state index in [1.54, 1.807) is 12.1 Å². The first kappa shape index (κ1) is 13.9. The first-order valence-electron chi connectivity index (χ1n) is 6.49. The highest BCUT2D eigenvalue weighted by Gasteiger charge is 2.09. The molecule has 4 nitrogen and oxygen atoms in total. The number of benzene rings is 2. The summed E-state index contributed by atoms with van der Waals surface area (Å²) in [7, 11) is 0. The third-order valence-corrected chi connectivity index (χ3v) is 3.25. The van der Waals surface area contributed by atoms with E-state index in [-0.39, 0.29) is 5.56 Å². The molecule has 0 aliphatic rings. The summed E-state index contributed by atoms with van der Waals surface area (Å²) in [5, 5.41) is 12.3. The normalized spacial score (nSPS) is 10.2. The highest BCUT2D eigenvalue weighted by molar-refractivity contribution is 5.95. The van der Waals surface area contributed by atoms with Crippen molar-refractivity contribution in [2.75, 3.05) is 17.6 Å². The van der Waals surface area contributed by atoms with Gasteiger partial charge in [0.1, 0.15) is 0 Å². The van der Waals surface area contributed by atoms with Gasteiger partial charge in [-0.05, 0) is 42.7 Å². The fourth-order valence-electron chi connectivity index (χ4n) is 2.12. The highest BCUT2D eigenvalue weighted by Crippen LogP contribution is 2.19. The molecule has 0 saturated carbocycles. The minimum Gasteiger partial charge on any atom is -0.478 e. The summed E-state index contributed by atoms with van der Waals surface area (Å²) in [6.45, 7) is 2.73. The molecule has 0 aliphatic heterocycles. The Hall–Kier alpha value is -2.49. The Bertz CT molecular complexity index is 624. The second-order valence-electron chi connectivity index (χ2n) is 4.71. The van der Waals surface area contributed by atoms with Crippen LogP contribution in [0, 0.1) is 6.92 Å². The molecule has 4 N–H and O–H groups in total. The Morgan fingerprint density at radius 3 is 2.70 bits per heavy atom. The van der Waals surface area contributed by atoms with E-state index in [4.69, 9.17) is 10.8 Å². The average molecular weight is 270 g/mol. The zero-order valence-electron chi connectivity index (χ0n) is 11.4. The molecule has 0 fully saturated rings. The van der Waals surface area contributed by atoms with E-state index in [9.17, 15) is 4.79 Å². The minimum atomic E-state index is -0.955. The number of carbonyl (C=O) groups is 1. The van der Waals surface area contributed by atoms with Crippen LogP contribution in [0.1, 0.15) is 21.5 Å². The lowest BCUT2D eigenvalue weighted by atomic mass is 10.1. The Balaban J connectivity index is 2.06. The number of aromatic carboxylic acids is 1. The molecular weight excluding hydrogens is 252 g/mol. The van der Waals surface area contributed by atoms with Gasteiger partial charge in [-0.3, -0.25) is 0 Å². The van der Waals surface area contributed by atoms with Crippen molar-refractivity contribution in [2.24, 2.45) is 0 Å². The first-order valence-corrected chi connectivity index (χ1v) is 6.49. The topological polar surface area (TPSA) is 75.3 Å². The number of aryl methyl sites for hydroxylation is 1. The van der Waals surface area contributed by atoms with E-state index < -0.39 is 5.97 Å². The van der Waals surface area contributed by atoms with Crippen LogP contribution in [0.25, 0.3) is 0 Å². The molecule has 0 amide bonds. The van der Waals surface area contributed by atoms with Crippen LogP contribution >= 0.6 is 0 Å². The van der Waals surface area contributed by atoms with Gasteiger partial charge in [-0.2, -0.15) is 0 Å². The third kappa shape index (κ3) is 3.29. The maximum Gasteiger partial charge on any atom is 0.337 e. The van der Waals surface area contributed by atoms with E-state index in [0.29, 0.717) is 17.9 Å². The van der Waals surface area contributed by atoms with Crippen molar-refractivity contribution >= 4 is 17.3 Å². The lowest BCUT2D eigenvalue weighted by Crippen LogP contribution is -2.10. The molecule has 0 saturated heterocycles. The molecule has 4 heteroatoms. The van der Waals surface area contributed by atoms with Crippen molar-refractivity contribution in [3.63, 3.8) is 0 Å². The van der Waals surface area contributed by atoms with Crippen LogP contribution in [0.4, 0.5) is 11.4 Å². The van der Waals surface area contributed by atoms with Gasteiger partial charge in [0.25, 0.3) is 0 Å². The molecule has 2 aromatic rings. The number of nitrogens with two attached hydrogens (primary N) is 1. The van der Waals surface area contributed by atoms with Gasteiger partial charge in [-0.1, -0.05) is 24.3 Å². The zero-order chi connectivity index (χ0) is 14.5. The summed E-state index contributed by atoms with van der Waals surface area (Å²) in [6.07, 6.45) is 0.834. The van der Waals surface area contributed by atoms with Gasteiger partial charge in [0, 0.05) is 12.2 Å². The van der Waals surface area contributed by atoms with E-state index in [0.717, 1.165) is 6.42 Å². The fraction of sp³-hybridized carbons (Fsp3) is 0.188. The van der Waals surface area contributed by atoms with E-state index in [2.05, 4.69) is 24.4 Å². The van der Waals surface area contributed by atoms with Crippen LogP contribution < -0.4 is 11.1 Å². The Kier molecular flexibility index (Phi) is 4.25. The van der Waals surface area contributed by atoms with Crippen LogP contribution in [-0.2, 0) is 6.42 Å². The predicted molar refractivity (Wildman–Crippen MR) is 81.2 cm³/mol. The molecule has 0 atom stereocenters. The van der Waals surface area contributed by atoms with Crippen LogP contribution in [0.3, 0.4) is 0 Å². The Labute approximate surface area is 118 Å². The molecule has 0 spiro atoms. The number of carboxylic acid groups (broad SMARTS) is 1. The maximum absolute atomic E-state index is 11.1. The number of carboxylic acids is 1. The first-order chi connectivity index (χ1) is 9.58. The Morgan fingerprint density at radius 2 is 2.00 bits per heavy atom. The second-order valence-corrected chi connectivity index (χ2v) is 4.71. The van der Waals surface area contributed by atoms with Crippen molar-refractivity contribution in [1.82, 2.24) is 0 Å². The van der Waals surface area contributed by atoms with E-state index in [1.165, 1.54) is 17.2 Å². The molecule has 104 valence electrons. The monoisotopic (exact) mass is 270 g/mol. The summed E-state index contributed by atoms with van der Waals surface area (Å²) >= 11 is 0. The van der Waals surface area contributed by atoms with E-state index >= 15 is 0 Å². The quantitative estimate of drug-likeness (QED) is 0.730. The van der Waals surface area contributed by atoms with Gasteiger partial charge < -0.3 is 16.2 Å². The number of rotatable bonds is 5. The lowest BCUT2D eigenvalue weighted by molar-refractivity contribution is 0.0698. The van der Waals surface area contributed by atoms with Crippen LogP contribution in [-0.4, -0.2) is 17.6 Å². The summed E-state index contributed by atoms with van der Waals surface area (Å²) in [5.74, 6) is -0.955. The average Bonchev–Trinajstić information content (AvgIpc) is 2.41. The maximum atomic E-state index is 11.1. The number of nitrogens with one attached hydrogen (secondary N) is 1. The van der Waals surface area contributed by atoms with Crippen LogP contribution in [0.5, 0.6) is 0 Å². The van der Waals surface area contributed by atoms with Crippen LogP contribution in [0.15, 0.2) is 42.5 Å². The molecule has 2 rings (SSSR count). The summed E-state index contributed by atoms with van der Waals surface area (Å²) in [6, 6.07) is 12.9. The number of hydrogen-bond acceptors (Lipinski definition) is 3. The molecule has 0 aliphatic carbocycles. The zero-order valence-corrected chi connectivity index (χ0v) is 11.4. The van der Waals surface area contributed by atoms with Gasteiger partial charge in [0.2, 0.25) is 0 Å². The summed E-state index contributed by atoms with van der Waals surface area (Å²) in [5.41, 5.74) is 9.54. The molecule has 0 bridgehead atoms. The molecule has 0 heterocycles. The summed E-state index contributed by atoms with van der Waals surface area (Å²) < 4.78 is 0. The molecule has 20 heavy (non-hydrogen) atoms. The van der Waals surface area contributed by atoms with Gasteiger partial charge in [0.15, 0.2) is 0 Å². The second kappa shape index (κ2) is 6.10. The largest absolute Gasteiger partial charge is 0.478 e. The summed E-state index contributed by atoms with van der Waals surface area (Å²) in [4.78, 5) is 11.1. The molecule has 0 radical (unpaired) electrons. The van der Waals surface area contributed by atoms with Crippen molar-refractivity contribution in [1.29, 1.82) is 0 Å². The molecule has 0 unspecified atom stereocenters. The van der Waals surface area contributed by atoms with Gasteiger partial charge >= 0.3 is 5.97 Å². The van der Waals surface area contributed by atoms with Crippen molar-refractivity contribution in [3.05, 3.63) is 59.2 Å². The predicted octanol–water partition coefficient (Wildman–Crippen LogP) is 2.93. The van der Waals surface area contributed by atoms with Gasteiger partial charge in [0.05, 0.1) is 11.3 Å². The Morgan fingerprint density at radius 1 is 1.25 bits per heavy atom. The van der Waals surface area contributed by atoms with Crippen molar-refractivity contribution in [3.8, 4) is 0 Å². The smallest absolute Gasteiger partial charge is 0.337 e. The SMILES string of the molecule is Cc1ccccc1CCNc1cc(N)ccc1C(=O)O. The van der Waals surface area contributed by atoms with Gasteiger partial charge in [-0.25, -0.2) is 4.79 Å². The third-order valence-electron chi connectivity index (χ3n) is 3.25. The molecular formula is C16H18N2O2. The minimum absolute atomic E-state index is 0.240.